The van der Waals surface area contributed by atoms with Crippen molar-refractivity contribution in [1.29, 1.82) is 0 Å². The van der Waals surface area contributed by atoms with Crippen molar-refractivity contribution >= 4 is 11.4 Å². The number of nitrogen functional groups attached to an aromatic ring is 2. The predicted octanol–water partition coefficient (Wildman–Crippen LogP) is 1.14. The molecule has 0 bridgehead atoms. The summed E-state index contributed by atoms with van der Waals surface area (Å²) >= 11 is 0. The van der Waals surface area contributed by atoms with Gasteiger partial charge in [-0.05, 0) is 35.4 Å². The van der Waals surface area contributed by atoms with Gasteiger partial charge in [0.05, 0.1) is 0 Å². The molecule has 0 saturated heterocycles. The molecule has 0 aromatic heterocycles. The molecule has 2 aromatic rings. The van der Waals surface area contributed by atoms with Crippen LogP contribution in [0.4, 0.5) is 11.4 Å². The second kappa shape index (κ2) is 9.55. The Labute approximate surface area is 128 Å². The fourth-order valence-electron chi connectivity index (χ4n) is 1.35. The Morgan fingerprint density at radius 2 is 1.05 bits per heavy atom. The molecular formula is C16H21LiN2. The third-order valence-corrected chi connectivity index (χ3v) is 2.51. The minimum Gasteiger partial charge on any atom is -0.399 e. The molecule has 0 heterocycles. The number of hydrogen-bond donors (Lipinski definition) is 2. The van der Waals surface area contributed by atoms with Gasteiger partial charge in [0.1, 0.15) is 0 Å². The Morgan fingerprint density at radius 1 is 0.789 bits per heavy atom. The van der Waals surface area contributed by atoms with Crippen LogP contribution in [0, 0.1) is 6.92 Å². The minimum atomic E-state index is 0. The van der Waals surface area contributed by atoms with E-state index in [0.29, 0.717) is 0 Å². The molecule has 96 valence electrons. The zero-order chi connectivity index (χ0) is 13.4. The molecule has 2 nitrogen and oxygen atoms in total. The fraction of sp³-hybridized carbons (Fsp3) is 0.188. The van der Waals surface area contributed by atoms with E-state index in [9.17, 15) is 0 Å². The maximum Gasteiger partial charge on any atom is 1.00 e. The maximum absolute atomic E-state index is 5.61. The van der Waals surface area contributed by atoms with E-state index in [4.69, 9.17) is 11.5 Å². The number of unbranched alkanes of at least 4 members (excludes halogenated alkanes) is 1. The largest absolute Gasteiger partial charge is 1.00 e. The summed E-state index contributed by atoms with van der Waals surface area (Å²) in [6.45, 7) is 5.72. The smallest absolute Gasteiger partial charge is 0.399 e. The number of anilines is 2. The van der Waals surface area contributed by atoms with Crippen LogP contribution in [-0.4, -0.2) is 0 Å². The van der Waals surface area contributed by atoms with Gasteiger partial charge in [-0.1, -0.05) is 37.6 Å². The van der Waals surface area contributed by atoms with Gasteiger partial charge in [-0.3, -0.25) is 0 Å². The fourth-order valence-corrected chi connectivity index (χ4v) is 1.35. The molecule has 19 heavy (non-hydrogen) atoms. The summed E-state index contributed by atoms with van der Waals surface area (Å²) in [7, 11) is 0. The number of hydrogen-bond acceptors (Lipinski definition) is 2. The monoisotopic (exact) mass is 248 g/mol. The van der Waals surface area contributed by atoms with E-state index >= 15 is 0 Å². The van der Waals surface area contributed by atoms with Crippen LogP contribution in [0.2, 0.25) is 0 Å². The van der Waals surface area contributed by atoms with Gasteiger partial charge in [0.15, 0.2) is 0 Å². The third-order valence-electron chi connectivity index (χ3n) is 2.51. The van der Waals surface area contributed by atoms with Crippen molar-refractivity contribution in [3.63, 3.8) is 0 Å². The van der Waals surface area contributed by atoms with Gasteiger partial charge in [-0.2, -0.15) is 6.42 Å². The van der Waals surface area contributed by atoms with Gasteiger partial charge < -0.3 is 18.4 Å². The first-order chi connectivity index (χ1) is 8.67. The van der Waals surface area contributed by atoms with Crippen molar-refractivity contribution < 1.29 is 18.9 Å². The summed E-state index contributed by atoms with van der Waals surface area (Å²) in [6.07, 6.45) is 2.28. The molecular weight excluding hydrogens is 227 g/mol. The van der Waals surface area contributed by atoms with Crippen LogP contribution in [0.5, 0.6) is 0 Å². The Hall–Kier alpha value is -1.36. The van der Waals surface area contributed by atoms with Gasteiger partial charge in [0, 0.05) is 11.4 Å². The van der Waals surface area contributed by atoms with E-state index in [1.54, 1.807) is 0 Å². The summed E-state index contributed by atoms with van der Waals surface area (Å²) in [5.74, 6) is 0. The van der Waals surface area contributed by atoms with Crippen LogP contribution in [0.25, 0.3) is 11.1 Å². The van der Waals surface area contributed by atoms with Gasteiger partial charge in [-0.25, -0.2) is 0 Å². The molecule has 4 N–H and O–H groups in total. The van der Waals surface area contributed by atoms with Crippen LogP contribution >= 0.6 is 0 Å². The van der Waals surface area contributed by atoms with Crippen LogP contribution in [0.15, 0.2) is 48.5 Å². The first kappa shape index (κ1) is 17.6. The molecule has 3 heteroatoms. The van der Waals surface area contributed by atoms with Crippen molar-refractivity contribution in [2.75, 3.05) is 11.5 Å². The molecule has 0 fully saturated rings. The molecule has 2 rings (SSSR count). The Kier molecular flexibility index (Phi) is 8.87. The SMILES string of the molecule is Nc1ccc(-c2ccc(N)cc2)cc1.[CH2-]CCC.[Li+]. The third kappa shape index (κ3) is 6.38. The Morgan fingerprint density at radius 3 is 1.26 bits per heavy atom. The molecule has 0 aliphatic heterocycles. The summed E-state index contributed by atoms with van der Waals surface area (Å²) in [4.78, 5) is 0. The summed E-state index contributed by atoms with van der Waals surface area (Å²) in [6, 6.07) is 15.6. The predicted molar refractivity (Wildman–Crippen MR) is 81.0 cm³/mol. The van der Waals surface area contributed by atoms with E-state index in [1.807, 2.05) is 48.5 Å². The maximum atomic E-state index is 5.61. The van der Waals surface area contributed by atoms with Crippen molar-refractivity contribution in [2.45, 2.75) is 19.8 Å². The van der Waals surface area contributed by atoms with Crippen LogP contribution in [-0.2, 0) is 0 Å². The van der Waals surface area contributed by atoms with E-state index < -0.39 is 0 Å². The number of benzene rings is 2. The second-order valence-electron chi connectivity index (χ2n) is 4.10. The molecule has 0 amide bonds. The zero-order valence-corrected chi connectivity index (χ0v) is 11.9. The minimum absolute atomic E-state index is 0. The second-order valence-corrected chi connectivity index (χ2v) is 4.10. The van der Waals surface area contributed by atoms with E-state index in [2.05, 4.69) is 13.8 Å². The number of nitrogens with two attached hydrogens (primary N) is 2. The van der Waals surface area contributed by atoms with E-state index in [0.717, 1.165) is 28.9 Å². The number of rotatable bonds is 2. The van der Waals surface area contributed by atoms with Gasteiger partial charge in [0.2, 0.25) is 0 Å². The standard InChI is InChI=1S/C12H12N2.C4H9.Li/c13-11-5-1-9(2-6-11)10-3-7-12(14)8-4-10;1-3-4-2;/h1-8H,13-14H2;1,3-4H2,2H3;/q;-1;+1. The van der Waals surface area contributed by atoms with Crippen molar-refractivity contribution in [1.82, 2.24) is 0 Å². The van der Waals surface area contributed by atoms with Gasteiger partial charge >= 0.3 is 18.9 Å². The van der Waals surface area contributed by atoms with Crippen LogP contribution in [0.1, 0.15) is 19.8 Å². The molecule has 0 radical (unpaired) electrons. The van der Waals surface area contributed by atoms with Gasteiger partial charge in [0.25, 0.3) is 0 Å². The molecule has 0 saturated carbocycles. The quantitative estimate of drug-likeness (QED) is 0.476. The van der Waals surface area contributed by atoms with E-state index in [1.165, 1.54) is 6.42 Å². The molecule has 0 aliphatic carbocycles. The summed E-state index contributed by atoms with van der Waals surface area (Å²) < 4.78 is 0. The molecule has 2 aromatic carbocycles. The molecule has 0 aliphatic rings. The molecule has 0 unspecified atom stereocenters. The first-order valence-corrected chi connectivity index (χ1v) is 6.18. The Bertz CT molecular complexity index is 404. The average Bonchev–Trinajstić information content (AvgIpc) is 2.41. The van der Waals surface area contributed by atoms with Crippen molar-refractivity contribution in [3.05, 3.63) is 55.5 Å². The molecule has 0 atom stereocenters. The summed E-state index contributed by atoms with van der Waals surface area (Å²) in [5, 5.41) is 0. The van der Waals surface area contributed by atoms with Crippen LogP contribution < -0.4 is 30.3 Å². The van der Waals surface area contributed by atoms with Gasteiger partial charge in [-0.15, -0.1) is 0 Å². The topological polar surface area (TPSA) is 52.0 Å². The van der Waals surface area contributed by atoms with E-state index in [-0.39, 0.29) is 18.9 Å². The normalized spacial score (nSPS) is 8.95. The average molecular weight is 248 g/mol. The zero-order valence-electron chi connectivity index (χ0n) is 11.9. The first-order valence-electron chi connectivity index (χ1n) is 6.18. The van der Waals surface area contributed by atoms with Crippen molar-refractivity contribution in [2.24, 2.45) is 0 Å². The van der Waals surface area contributed by atoms with Crippen molar-refractivity contribution in [3.8, 4) is 11.1 Å². The molecule has 0 spiro atoms. The summed E-state index contributed by atoms with van der Waals surface area (Å²) in [5.41, 5.74) is 15.1. The van der Waals surface area contributed by atoms with Crippen LogP contribution in [0.3, 0.4) is 0 Å². The Balaban J connectivity index is 0.000000576.